The van der Waals surface area contributed by atoms with Crippen molar-refractivity contribution >= 4 is 34.8 Å². The molecule has 0 saturated carbocycles. The number of nitrogens with one attached hydrogen (secondary N) is 1. The van der Waals surface area contributed by atoms with Crippen LogP contribution in [0.4, 0.5) is 4.39 Å². The molecular weight excluding hydrogens is 310 g/mol. The van der Waals surface area contributed by atoms with Gasteiger partial charge in [-0.3, -0.25) is 5.84 Å². The number of hydrogen-bond acceptors (Lipinski definition) is 2. The van der Waals surface area contributed by atoms with Crippen LogP contribution >= 0.6 is 34.8 Å². The van der Waals surface area contributed by atoms with Gasteiger partial charge in [-0.1, -0.05) is 53.0 Å². The maximum Gasteiger partial charge on any atom is 0.124 e. The van der Waals surface area contributed by atoms with Crippen LogP contribution in [0.2, 0.25) is 15.1 Å². The third kappa shape index (κ3) is 3.02. The second-order valence-electron chi connectivity index (χ2n) is 3.91. The van der Waals surface area contributed by atoms with E-state index in [-0.39, 0.29) is 5.02 Å². The fourth-order valence-electron chi connectivity index (χ4n) is 1.83. The number of benzene rings is 2. The minimum Gasteiger partial charge on any atom is -0.271 e. The van der Waals surface area contributed by atoms with Crippen molar-refractivity contribution in [2.45, 2.75) is 6.04 Å². The molecule has 1 unspecified atom stereocenters. The molecule has 0 saturated heterocycles. The third-order valence-electron chi connectivity index (χ3n) is 2.73. The fraction of sp³-hybridized carbons (Fsp3) is 0.0769. The molecule has 1 atom stereocenters. The van der Waals surface area contributed by atoms with Crippen LogP contribution in [0.1, 0.15) is 17.2 Å². The molecule has 19 heavy (non-hydrogen) atoms. The molecule has 0 aromatic heterocycles. The van der Waals surface area contributed by atoms with E-state index in [9.17, 15) is 4.39 Å². The van der Waals surface area contributed by atoms with Gasteiger partial charge in [0.25, 0.3) is 0 Å². The zero-order valence-corrected chi connectivity index (χ0v) is 11.9. The van der Waals surface area contributed by atoms with Gasteiger partial charge >= 0.3 is 0 Å². The molecule has 0 heterocycles. The van der Waals surface area contributed by atoms with E-state index in [0.717, 1.165) is 0 Å². The van der Waals surface area contributed by atoms with E-state index in [1.54, 1.807) is 24.3 Å². The van der Waals surface area contributed by atoms with Gasteiger partial charge in [-0.15, -0.1) is 0 Å². The number of halogens is 4. The van der Waals surface area contributed by atoms with Gasteiger partial charge in [-0.2, -0.15) is 0 Å². The van der Waals surface area contributed by atoms with Gasteiger partial charge in [-0.25, -0.2) is 9.82 Å². The smallest absolute Gasteiger partial charge is 0.124 e. The molecule has 2 aromatic rings. The monoisotopic (exact) mass is 318 g/mol. The first-order chi connectivity index (χ1) is 9.04. The molecule has 2 nitrogen and oxygen atoms in total. The molecule has 0 bridgehead atoms. The Morgan fingerprint density at radius 1 is 1.00 bits per heavy atom. The maximum atomic E-state index is 13.1. The van der Waals surface area contributed by atoms with Gasteiger partial charge in [0, 0.05) is 5.02 Å². The molecule has 0 amide bonds. The number of nitrogens with two attached hydrogens (primary N) is 1. The first-order valence-corrected chi connectivity index (χ1v) is 6.53. The highest BCUT2D eigenvalue weighted by molar-refractivity contribution is 6.42. The second-order valence-corrected chi connectivity index (χ2v) is 5.10. The summed E-state index contributed by atoms with van der Waals surface area (Å²) in [5.74, 6) is 5.14. The average Bonchev–Trinajstić information content (AvgIpc) is 2.37. The van der Waals surface area contributed by atoms with Gasteiger partial charge in [0.2, 0.25) is 0 Å². The van der Waals surface area contributed by atoms with Crippen LogP contribution < -0.4 is 11.3 Å². The summed E-state index contributed by atoms with van der Waals surface area (Å²) in [7, 11) is 0. The predicted molar refractivity (Wildman–Crippen MR) is 77.0 cm³/mol. The molecular formula is C13H10Cl3FN2. The first kappa shape index (κ1) is 14.6. The predicted octanol–water partition coefficient (Wildman–Crippen LogP) is 4.34. The fourth-order valence-corrected chi connectivity index (χ4v) is 2.52. The van der Waals surface area contributed by atoms with Crippen molar-refractivity contribution < 1.29 is 4.39 Å². The molecule has 2 aromatic carbocycles. The maximum absolute atomic E-state index is 13.1. The third-order valence-corrected chi connectivity index (χ3v) is 3.89. The van der Waals surface area contributed by atoms with Crippen molar-refractivity contribution in [3.8, 4) is 0 Å². The molecule has 2 rings (SSSR count). The minimum atomic E-state index is -0.473. The van der Waals surface area contributed by atoms with Crippen molar-refractivity contribution in [2.24, 2.45) is 5.84 Å². The molecule has 0 radical (unpaired) electrons. The minimum absolute atomic E-state index is 0.263. The molecule has 0 aliphatic rings. The van der Waals surface area contributed by atoms with E-state index in [1.165, 1.54) is 12.1 Å². The Morgan fingerprint density at radius 2 is 1.74 bits per heavy atom. The Labute approximate surface area is 125 Å². The Morgan fingerprint density at radius 3 is 2.37 bits per heavy atom. The zero-order valence-electron chi connectivity index (χ0n) is 9.63. The van der Waals surface area contributed by atoms with Crippen molar-refractivity contribution in [2.75, 3.05) is 0 Å². The van der Waals surface area contributed by atoms with Gasteiger partial charge in [0.05, 0.1) is 16.1 Å². The number of hydrogen-bond donors (Lipinski definition) is 2. The van der Waals surface area contributed by atoms with Crippen molar-refractivity contribution in [3.63, 3.8) is 0 Å². The van der Waals surface area contributed by atoms with Gasteiger partial charge in [0.15, 0.2) is 0 Å². The quantitative estimate of drug-likeness (QED) is 0.652. The molecule has 0 fully saturated rings. The highest BCUT2D eigenvalue weighted by Crippen LogP contribution is 2.35. The van der Waals surface area contributed by atoms with E-state index in [1.807, 2.05) is 0 Å². The van der Waals surface area contributed by atoms with Crippen LogP contribution in [-0.4, -0.2) is 0 Å². The molecule has 3 N–H and O–H groups in total. The van der Waals surface area contributed by atoms with Crippen molar-refractivity contribution in [1.29, 1.82) is 0 Å². The Kier molecular flexibility index (Phi) is 4.66. The summed E-state index contributed by atoms with van der Waals surface area (Å²) in [6.45, 7) is 0. The summed E-state index contributed by atoms with van der Waals surface area (Å²) in [5, 5.41) is 1.06. The second kappa shape index (κ2) is 6.07. The molecule has 0 aliphatic carbocycles. The Balaban J connectivity index is 2.53. The number of rotatable bonds is 3. The van der Waals surface area contributed by atoms with Crippen LogP contribution in [0, 0.1) is 5.82 Å². The van der Waals surface area contributed by atoms with Crippen LogP contribution in [0.5, 0.6) is 0 Å². The van der Waals surface area contributed by atoms with Crippen LogP contribution in [-0.2, 0) is 0 Å². The summed E-state index contributed by atoms with van der Waals surface area (Å²) < 4.78 is 13.1. The topological polar surface area (TPSA) is 38.0 Å². The summed E-state index contributed by atoms with van der Waals surface area (Å²) in [4.78, 5) is 0. The largest absolute Gasteiger partial charge is 0.271 e. The lowest BCUT2D eigenvalue weighted by atomic mass is 9.99. The molecule has 0 aliphatic heterocycles. The van der Waals surface area contributed by atoms with Crippen molar-refractivity contribution in [1.82, 2.24) is 5.43 Å². The van der Waals surface area contributed by atoms with Gasteiger partial charge in [-0.05, 0) is 29.3 Å². The zero-order chi connectivity index (χ0) is 14.0. The summed E-state index contributed by atoms with van der Waals surface area (Å²) >= 11 is 18.2. The lowest BCUT2D eigenvalue weighted by Gasteiger charge is -2.20. The standard InChI is InChI=1S/C13H10Cl3FN2/c14-10-3-1-2-9(12(10)16)13(19-18)8-5-4-7(17)6-11(8)15/h1-6,13,19H,18H2. The SMILES string of the molecule is NNC(c1ccc(F)cc1Cl)c1cccc(Cl)c1Cl. The van der Waals surface area contributed by atoms with Gasteiger partial charge < -0.3 is 0 Å². The number of hydrazine groups is 1. The molecule has 6 heteroatoms. The van der Waals surface area contributed by atoms with E-state index < -0.39 is 11.9 Å². The van der Waals surface area contributed by atoms with E-state index in [0.29, 0.717) is 21.2 Å². The van der Waals surface area contributed by atoms with Crippen LogP contribution in [0.25, 0.3) is 0 Å². The first-order valence-electron chi connectivity index (χ1n) is 5.39. The van der Waals surface area contributed by atoms with Crippen molar-refractivity contribution in [3.05, 3.63) is 68.4 Å². The summed E-state index contributed by atoms with van der Waals surface area (Å²) in [5.41, 5.74) is 3.90. The highest BCUT2D eigenvalue weighted by atomic mass is 35.5. The highest BCUT2D eigenvalue weighted by Gasteiger charge is 2.19. The average molecular weight is 320 g/mol. The molecule has 0 spiro atoms. The lowest BCUT2D eigenvalue weighted by molar-refractivity contribution is 0.616. The van der Waals surface area contributed by atoms with Crippen LogP contribution in [0.15, 0.2) is 36.4 Å². The Hall–Kier alpha value is -0.840. The van der Waals surface area contributed by atoms with Crippen LogP contribution in [0.3, 0.4) is 0 Å². The summed E-state index contributed by atoms with van der Waals surface area (Å²) in [6, 6.07) is 8.82. The van der Waals surface area contributed by atoms with Gasteiger partial charge in [0.1, 0.15) is 5.82 Å². The van der Waals surface area contributed by atoms with E-state index in [4.69, 9.17) is 40.6 Å². The molecule has 100 valence electrons. The Bertz CT molecular complexity index is 604. The normalized spacial score (nSPS) is 12.5. The summed E-state index contributed by atoms with van der Waals surface area (Å²) in [6.07, 6.45) is 0. The lowest BCUT2D eigenvalue weighted by Crippen LogP contribution is -2.29. The van der Waals surface area contributed by atoms with E-state index in [2.05, 4.69) is 5.43 Å². The van der Waals surface area contributed by atoms with E-state index >= 15 is 0 Å².